The molecule has 1 aliphatic heterocycles. The second kappa shape index (κ2) is 8.21. The second-order valence-corrected chi connectivity index (χ2v) is 6.87. The van der Waals surface area contributed by atoms with Crippen molar-refractivity contribution >= 4 is 5.91 Å². The number of piperidine rings is 1. The fourth-order valence-corrected chi connectivity index (χ4v) is 3.57. The molecule has 144 valence electrons. The first-order valence-electron chi connectivity index (χ1n) is 9.49. The zero-order valence-electron chi connectivity index (χ0n) is 15.9. The number of likely N-dealkylation sites (tertiary alicyclic amines) is 1. The third-order valence-corrected chi connectivity index (χ3v) is 5.10. The molecule has 0 atom stereocenters. The SMILES string of the molecule is Cc1nccn1-c1nccnc1C1CCN(C(=O)COc2ccccc2)CC1. The van der Waals surface area contributed by atoms with Crippen molar-refractivity contribution in [3.05, 3.63) is 66.6 Å². The lowest BCUT2D eigenvalue weighted by atomic mass is 9.93. The Morgan fingerprint density at radius 3 is 2.54 bits per heavy atom. The van der Waals surface area contributed by atoms with Gasteiger partial charge in [-0.1, -0.05) is 18.2 Å². The number of hydrogen-bond acceptors (Lipinski definition) is 5. The fourth-order valence-electron chi connectivity index (χ4n) is 3.57. The molecule has 1 fully saturated rings. The average Bonchev–Trinajstić information content (AvgIpc) is 3.18. The van der Waals surface area contributed by atoms with Crippen molar-refractivity contribution in [2.24, 2.45) is 0 Å². The molecule has 0 aliphatic carbocycles. The van der Waals surface area contributed by atoms with Crippen LogP contribution in [-0.2, 0) is 4.79 Å². The van der Waals surface area contributed by atoms with Crippen molar-refractivity contribution in [2.45, 2.75) is 25.7 Å². The van der Waals surface area contributed by atoms with Gasteiger partial charge in [-0.15, -0.1) is 0 Å². The Labute approximate surface area is 164 Å². The van der Waals surface area contributed by atoms with Gasteiger partial charge in [0.25, 0.3) is 5.91 Å². The van der Waals surface area contributed by atoms with Crippen molar-refractivity contribution in [3.8, 4) is 11.6 Å². The number of para-hydroxylation sites is 1. The number of aromatic nitrogens is 4. The Hall–Kier alpha value is -3.22. The van der Waals surface area contributed by atoms with E-state index in [-0.39, 0.29) is 18.4 Å². The molecule has 28 heavy (non-hydrogen) atoms. The Morgan fingerprint density at radius 2 is 1.82 bits per heavy atom. The number of aryl methyl sites for hydroxylation is 1. The van der Waals surface area contributed by atoms with E-state index in [1.807, 2.05) is 52.9 Å². The summed E-state index contributed by atoms with van der Waals surface area (Å²) >= 11 is 0. The molecule has 1 amide bonds. The molecule has 0 bridgehead atoms. The average molecular weight is 377 g/mol. The molecule has 3 aromatic rings. The minimum absolute atomic E-state index is 0.0205. The Kier molecular flexibility index (Phi) is 5.32. The fraction of sp³-hybridized carbons (Fsp3) is 0.333. The van der Waals surface area contributed by atoms with E-state index in [4.69, 9.17) is 4.74 Å². The molecule has 0 radical (unpaired) electrons. The summed E-state index contributed by atoms with van der Waals surface area (Å²) < 4.78 is 7.56. The monoisotopic (exact) mass is 377 g/mol. The molecule has 4 rings (SSSR count). The largest absolute Gasteiger partial charge is 0.484 e. The molecule has 2 aromatic heterocycles. The summed E-state index contributed by atoms with van der Waals surface area (Å²) in [6.07, 6.45) is 8.82. The summed E-state index contributed by atoms with van der Waals surface area (Å²) in [4.78, 5) is 27.8. The summed E-state index contributed by atoms with van der Waals surface area (Å²) in [6.45, 7) is 3.41. The lowest BCUT2D eigenvalue weighted by Gasteiger charge is -2.32. The van der Waals surface area contributed by atoms with Crippen molar-refractivity contribution in [3.63, 3.8) is 0 Å². The number of nitrogens with zero attached hydrogens (tertiary/aromatic N) is 5. The predicted molar refractivity (Wildman–Crippen MR) is 104 cm³/mol. The van der Waals surface area contributed by atoms with Crippen LogP contribution in [0.25, 0.3) is 5.82 Å². The van der Waals surface area contributed by atoms with Gasteiger partial charge >= 0.3 is 0 Å². The first kappa shape index (κ1) is 18.2. The molecule has 0 N–H and O–H groups in total. The maximum absolute atomic E-state index is 12.5. The molecule has 0 unspecified atom stereocenters. The minimum Gasteiger partial charge on any atom is -0.484 e. The molecule has 3 heterocycles. The van der Waals surface area contributed by atoms with E-state index < -0.39 is 0 Å². The van der Waals surface area contributed by atoms with Gasteiger partial charge in [-0.2, -0.15) is 0 Å². The smallest absolute Gasteiger partial charge is 0.260 e. The van der Waals surface area contributed by atoms with Crippen LogP contribution in [0, 0.1) is 6.92 Å². The van der Waals surface area contributed by atoms with Crippen molar-refractivity contribution in [2.75, 3.05) is 19.7 Å². The highest BCUT2D eigenvalue weighted by molar-refractivity contribution is 5.77. The van der Waals surface area contributed by atoms with E-state index in [1.54, 1.807) is 18.6 Å². The Balaban J connectivity index is 1.38. The van der Waals surface area contributed by atoms with Crippen LogP contribution in [0.1, 0.15) is 30.3 Å². The van der Waals surface area contributed by atoms with E-state index in [9.17, 15) is 4.79 Å². The quantitative estimate of drug-likeness (QED) is 0.684. The summed E-state index contributed by atoms with van der Waals surface area (Å²) in [5.41, 5.74) is 0.969. The number of hydrogen-bond donors (Lipinski definition) is 0. The molecule has 1 aliphatic rings. The molecular formula is C21H23N5O2. The zero-order valence-corrected chi connectivity index (χ0v) is 15.9. The van der Waals surface area contributed by atoms with Gasteiger partial charge < -0.3 is 9.64 Å². The van der Waals surface area contributed by atoms with E-state index in [0.717, 1.165) is 30.2 Å². The summed E-state index contributed by atoms with van der Waals surface area (Å²) in [5.74, 6) is 2.71. The Bertz CT molecular complexity index is 933. The number of carbonyl (C=O) groups excluding carboxylic acids is 1. The van der Waals surface area contributed by atoms with Crippen LogP contribution >= 0.6 is 0 Å². The van der Waals surface area contributed by atoms with Crippen LogP contribution in [0.5, 0.6) is 5.75 Å². The van der Waals surface area contributed by atoms with Crippen LogP contribution in [0.3, 0.4) is 0 Å². The molecule has 7 heteroatoms. The van der Waals surface area contributed by atoms with Crippen molar-refractivity contribution in [1.82, 2.24) is 24.4 Å². The van der Waals surface area contributed by atoms with E-state index in [0.29, 0.717) is 18.8 Å². The van der Waals surface area contributed by atoms with Gasteiger partial charge in [0.05, 0.1) is 5.69 Å². The third-order valence-electron chi connectivity index (χ3n) is 5.10. The normalized spacial score (nSPS) is 14.8. The maximum Gasteiger partial charge on any atom is 0.260 e. The summed E-state index contributed by atoms with van der Waals surface area (Å²) in [7, 11) is 0. The predicted octanol–water partition coefficient (Wildman–Crippen LogP) is 2.76. The highest BCUT2D eigenvalue weighted by Gasteiger charge is 2.27. The van der Waals surface area contributed by atoms with Crippen LogP contribution in [-0.4, -0.2) is 50.0 Å². The number of ether oxygens (including phenoxy) is 1. The Morgan fingerprint density at radius 1 is 1.07 bits per heavy atom. The van der Waals surface area contributed by atoms with Gasteiger partial charge in [-0.05, 0) is 31.9 Å². The summed E-state index contributed by atoms with van der Waals surface area (Å²) in [6, 6.07) is 9.42. The van der Waals surface area contributed by atoms with E-state index in [1.165, 1.54) is 0 Å². The molecule has 1 saturated heterocycles. The highest BCUT2D eigenvalue weighted by Crippen LogP contribution is 2.30. The van der Waals surface area contributed by atoms with Crippen molar-refractivity contribution in [1.29, 1.82) is 0 Å². The maximum atomic E-state index is 12.5. The molecule has 7 nitrogen and oxygen atoms in total. The number of rotatable bonds is 5. The minimum atomic E-state index is 0.0205. The van der Waals surface area contributed by atoms with Gasteiger partial charge in [0.2, 0.25) is 0 Å². The highest BCUT2D eigenvalue weighted by atomic mass is 16.5. The lowest BCUT2D eigenvalue weighted by molar-refractivity contribution is -0.134. The first-order valence-corrected chi connectivity index (χ1v) is 9.49. The van der Waals surface area contributed by atoms with E-state index in [2.05, 4.69) is 15.0 Å². The molecular weight excluding hydrogens is 354 g/mol. The number of benzene rings is 1. The lowest BCUT2D eigenvalue weighted by Crippen LogP contribution is -2.40. The van der Waals surface area contributed by atoms with Crippen LogP contribution in [0.4, 0.5) is 0 Å². The van der Waals surface area contributed by atoms with E-state index >= 15 is 0 Å². The van der Waals surface area contributed by atoms with Crippen LogP contribution < -0.4 is 4.74 Å². The zero-order chi connectivity index (χ0) is 19.3. The summed E-state index contributed by atoms with van der Waals surface area (Å²) in [5, 5.41) is 0. The standard InChI is InChI=1S/C21H23N5O2/c1-16-22-11-14-26(16)21-20(23-9-10-24-21)17-7-12-25(13-8-17)19(27)15-28-18-5-3-2-4-6-18/h2-6,9-11,14,17H,7-8,12-13,15H2,1H3. The third kappa shape index (κ3) is 3.88. The van der Waals surface area contributed by atoms with Gasteiger partial charge in [0.15, 0.2) is 12.4 Å². The van der Waals surface area contributed by atoms with Gasteiger partial charge in [-0.3, -0.25) is 14.3 Å². The number of imidazole rings is 1. The number of carbonyl (C=O) groups is 1. The molecule has 1 aromatic carbocycles. The van der Waals surface area contributed by atoms with Gasteiger partial charge in [-0.25, -0.2) is 9.97 Å². The topological polar surface area (TPSA) is 73.1 Å². The van der Waals surface area contributed by atoms with Crippen LogP contribution in [0.2, 0.25) is 0 Å². The van der Waals surface area contributed by atoms with Gasteiger partial charge in [0, 0.05) is 43.8 Å². The van der Waals surface area contributed by atoms with Crippen LogP contribution in [0.15, 0.2) is 55.1 Å². The molecule has 0 saturated carbocycles. The molecule has 0 spiro atoms. The van der Waals surface area contributed by atoms with Crippen molar-refractivity contribution < 1.29 is 9.53 Å². The first-order chi connectivity index (χ1) is 13.7. The second-order valence-electron chi connectivity index (χ2n) is 6.87. The van der Waals surface area contributed by atoms with Gasteiger partial charge in [0.1, 0.15) is 11.6 Å². The number of amides is 1.